The average molecular weight is 394 g/mol. The molecule has 1 amide bonds. The Bertz CT molecular complexity index is 1170. The van der Waals surface area contributed by atoms with Crippen molar-refractivity contribution in [1.82, 2.24) is 9.97 Å². The number of nitrogens with one attached hydrogen (secondary N) is 2. The Kier molecular flexibility index (Phi) is 5.52. The van der Waals surface area contributed by atoms with E-state index < -0.39 is 0 Å². The fourth-order valence-electron chi connectivity index (χ4n) is 3.07. The fourth-order valence-corrected chi connectivity index (χ4v) is 3.07. The van der Waals surface area contributed by atoms with Gasteiger partial charge in [-0.1, -0.05) is 53.6 Å². The standard InChI is InChI=1S/C25H22N4O/c1-17-9-11-22(12-10-17)28-24(30)20-7-4-8-23(14-20)29-25-26-15-21(16-27-25)19-6-3-5-18(2)13-19/h3-16H,1-2H3,(H,28,30)(H,26,27,29). The molecule has 0 unspecified atom stereocenters. The monoisotopic (exact) mass is 394 g/mol. The number of anilines is 3. The molecule has 0 saturated carbocycles. The summed E-state index contributed by atoms with van der Waals surface area (Å²) >= 11 is 0. The molecule has 0 aliphatic carbocycles. The number of hydrogen-bond donors (Lipinski definition) is 2. The Balaban J connectivity index is 1.46. The molecule has 3 aromatic carbocycles. The van der Waals surface area contributed by atoms with Gasteiger partial charge in [0.1, 0.15) is 0 Å². The van der Waals surface area contributed by atoms with E-state index in [1.807, 2.05) is 55.5 Å². The number of hydrogen-bond acceptors (Lipinski definition) is 4. The zero-order valence-electron chi connectivity index (χ0n) is 16.9. The van der Waals surface area contributed by atoms with E-state index in [4.69, 9.17) is 0 Å². The lowest BCUT2D eigenvalue weighted by molar-refractivity contribution is 0.102. The van der Waals surface area contributed by atoms with Gasteiger partial charge in [-0.05, 0) is 49.7 Å². The minimum absolute atomic E-state index is 0.168. The average Bonchev–Trinajstić information content (AvgIpc) is 2.76. The molecule has 1 heterocycles. The molecule has 148 valence electrons. The highest BCUT2D eigenvalue weighted by molar-refractivity contribution is 6.04. The van der Waals surface area contributed by atoms with Gasteiger partial charge in [-0.2, -0.15) is 0 Å². The Morgan fingerprint density at radius 3 is 2.20 bits per heavy atom. The predicted octanol–water partition coefficient (Wildman–Crippen LogP) is 5.76. The minimum atomic E-state index is -0.168. The van der Waals surface area contributed by atoms with E-state index in [1.165, 1.54) is 5.56 Å². The van der Waals surface area contributed by atoms with Gasteiger partial charge in [-0.3, -0.25) is 4.79 Å². The van der Waals surface area contributed by atoms with Gasteiger partial charge in [0, 0.05) is 34.9 Å². The zero-order chi connectivity index (χ0) is 20.9. The molecular formula is C25H22N4O. The van der Waals surface area contributed by atoms with E-state index in [2.05, 4.69) is 39.7 Å². The molecule has 4 aromatic rings. The quantitative estimate of drug-likeness (QED) is 0.452. The van der Waals surface area contributed by atoms with Crippen LogP contribution in [-0.2, 0) is 0 Å². The van der Waals surface area contributed by atoms with Crippen molar-refractivity contribution < 1.29 is 4.79 Å². The van der Waals surface area contributed by atoms with Crippen molar-refractivity contribution in [2.45, 2.75) is 13.8 Å². The van der Waals surface area contributed by atoms with Gasteiger partial charge in [-0.25, -0.2) is 9.97 Å². The van der Waals surface area contributed by atoms with Gasteiger partial charge >= 0.3 is 0 Å². The first-order valence-electron chi connectivity index (χ1n) is 9.71. The summed E-state index contributed by atoms with van der Waals surface area (Å²) < 4.78 is 0. The topological polar surface area (TPSA) is 66.9 Å². The van der Waals surface area contributed by atoms with Crippen molar-refractivity contribution >= 4 is 23.2 Å². The first-order chi connectivity index (χ1) is 14.6. The molecule has 5 heteroatoms. The van der Waals surface area contributed by atoms with Crippen LogP contribution < -0.4 is 10.6 Å². The number of nitrogens with zero attached hydrogens (tertiary/aromatic N) is 2. The lowest BCUT2D eigenvalue weighted by atomic mass is 10.1. The summed E-state index contributed by atoms with van der Waals surface area (Å²) in [5.41, 5.74) is 6.43. The van der Waals surface area contributed by atoms with Crippen LogP contribution in [0.5, 0.6) is 0 Å². The van der Waals surface area contributed by atoms with Crippen LogP contribution in [0, 0.1) is 13.8 Å². The van der Waals surface area contributed by atoms with Gasteiger partial charge in [0.05, 0.1) is 0 Å². The maximum absolute atomic E-state index is 12.6. The van der Waals surface area contributed by atoms with Crippen molar-refractivity contribution in [2.75, 3.05) is 10.6 Å². The third kappa shape index (κ3) is 4.70. The van der Waals surface area contributed by atoms with Crippen molar-refractivity contribution in [3.63, 3.8) is 0 Å². The molecule has 0 radical (unpaired) electrons. The summed E-state index contributed by atoms with van der Waals surface area (Å²) in [6, 6.07) is 23.2. The molecule has 0 bridgehead atoms. The van der Waals surface area contributed by atoms with Crippen LogP contribution in [-0.4, -0.2) is 15.9 Å². The summed E-state index contributed by atoms with van der Waals surface area (Å²) in [7, 11) is 0. The smallest absolute Gasteiger partial charge is 0.255 e. The van der Waals surface area contributed by atoms with Crippen LogP contribution in [0.1, 0.15) is 21.5 Å². The Labute approximate surface area is 175 Å². The zero-order valence-corrected chi connectivity index (χ0v) is 16.9. The van der Waals surface area contributed by atoms with E-state index in [0.717, 1.165) is 28.1 Å². The van der Waals surface area contributed by atoms with Crippen LogP contribution >= 0.6 is 0 Å². The van der Waals surface area contributed by atoms with Crippen LogP contribution in [0.25, 0.3) is 11.1 Å². The van der Waals surface area contributed by atoms with Crippen molar-refractivity contribution in [3.05, 3.63) is 102 Å². The first kappa shape index (κ1) is 19.3. The third-order valence-corrected chi connectivity index (χ3v) is 4.69. The van der Waals surface area contributed by atoms with Crippen LogP contribution in [0.15, 0.2) is 85.2 Å². The molecule has 0 fully saturated rings. The number of carbonyl (C=O) groups excluding carboxylic acids is 1. The van der Waals surface area contributed by atoms with Crippen molar-refractivity contribution in [3.8, 4) is 11.1 Å². The summed E-state index contributed by atoms with van der Waals surface area (Å²) in [5, 5.41) is 6.07. The first-order valence-corrected chi connectivity index (χ1v) is 9.71. The lowest BCUT2D eigenvalue weighted by Crippen LogP contribution is -2.12. The molecule has 0 aliphatic heterocycles. The van der Waals surface area contributed by atoms with Crippen LogP contribution in [0.4, 0.5) is 17.3 Å². The number of carbonyl (C=O) groups is 1. The van der Waals surface area contributed by atoms with E-state index in [0.29, 0.717) is 11.5 Å². The normalized spacial score (nSPS) is 10.5. The third-order valence-electron chi connectivity index (χ3n) is 4.69. The van der Waals surface area contributed by atoms with Crippen molar-refractivity contribution in [2.24, 2.45) is 0 Å². The molecule has 2 N–H and O–H groups in total. The Morgan fingerprint density at radius 1 is 0.733 bits per heavy atom. The number of aromatic nitrogens is 2. The van der Waals surface area contributed by atoms with Gasteiger partial charge < -0.3 is 10.6 Å². The summed E-state index contributed by atoms with van der Waals surface area (Å²) in [6.45, 7) is 4.07. The molecule has 0 atom stereocenters. The SMILES string of the molecule is Cc1ccc(NC(=O)c2cccc(Nc3ncc(-c4cccc(C)c4)cn3)c2)cc1. The maximum atomic E-state index is 12.6. The molecular weight excluding hydrogens is 372 g/mol. The number of aryl methyl sites for hydroxylation is 2. The summed E-state index contributed by atoms with van der Waals surface area (Å²) in [5.74, 6) is 0.306. The fraction of sp³-hybridized carbons (Fsp3) is 0.0800. The van der Waals surface area contributed by atoms with E-state index in [1.54, 1.807) is 24.5 Å². The van der Waals surface area contributed by atoms with Crippen molar-refractivity contribution in [1.29, 1.82) is 0 Å². The minimum Gasteiger partial charge on any atom is -0.324 e. The van der Waals surface area contributed by atoms with Gasteiger partial charge in [0.25, 0.3) is 5.91 Å². The maximum Gasteiger partial charge on any atom is 0.255 e. The molecule has 30 heavy (non-hydrogen) atoms. The van der Waals surface area contributed by atoms with Crippen LogP contribution in [0.3, 0.4) is 0 Å². The van der Waals surface area contributed by atoms with Gasteiger partial charge in [0.2, 0.25) is 5.95 Å². The summed E-state index contributed by atoms with van der Waals surface area (Å²) in [4.78, 5) is 21.4. The molecule has 4 rings (SSSR count). The molecule has 0 spiro atoms. The van der Waals surface area contributed by atoms with Gasteiger partial charge in [-0.15, -0.1) is 0 Å². The largest absolute Gasteiger partial charge is 0.324 e. The van der Waals surface area contributed by atoms with E-state index in [9.17, 15) is 4.79 Å². The highest BCUT2D eigenvalue weighted by atomic mass is 16.1. The molecule has 1 aromatic heterocycles. The number of amides is 1. The lowest BCUT2D eigenvalue weighted by Gasteiger charge is -2.09. The number of rotatable bonds is 5. The highest BCUT2D eigenvalue weighted by Crippen LogP contribution is 2.21. The van der Waals surface area contributed by atoms with E-state index in [-0.39, 0.29) is 5.91 Å². The van der Waals surface area contributed by atoms with Crippen LogP contribution in [0.2, 0.25) is 0 Å². The van der Waals surface area contributed by atoms with E-state index >= 15 is 0 Å². The Morgan fingerprint density at radius 2 is 1.47 bits per heavy atom. The second-order valence-corrected chi connectivity index (χ2v) is 7.19. The highest BCUT2D eigenvalue weighted by Gasteiger charge is 2.08. The Hall–Kier alpha value is -3.99. The number of benzene rings is 3. The predicted molar refractivity (Wildman–Crippen MR) is 121 cm³/mol. The second kappa shape index (κ2) is 8.57. The summed E-state index contributed by atoms with van der Waals surface area (Å²) in [6.07, 6.45) is 3.58. The molecule has 0 aliphatic rings. The second-order valence-electron chi connectivity index (χ2n) is 7.19. The molecule has 5 nitrogen and oxygen atoms in total. The molecule has 0 saturated heterocycles. The van der Waals surface area contributed by atoms with Gasteiger partial charge in [0.15, 0.2) is 0 Å².